The predicted molar refractivity (Wildman–Crippen MR) is 95.2 cm³/mol. The van der Waals surface area contributed by atoms with E-state index in [2.05, 4.69) is 20.9 Å². The van der Waals surface area contributed by atoms with Gasteiger partial charge in [-0.2, -0.15) is 0 Å². The van der Waals surface area contributed by atoms with Gasteiger partial charge in [0.15, 0.2) is 0 Å². The molecule has 0 radical (unpaired) electrons. The van der Waals surface area contributed by atoms with Crippen LogP contribution < -0.4 is 10.3 Å². The fraction of sp³-hybridized carbons (Fsp3) is 0.263. The largest absolute Gasteiger partial charge is 0.497 e. The number of benzene rings is 2. The van der Waals surface area contributed by atoms with E-state index in [4.69, 9.17) is 4.74 Å². The molecule has 2 aromatic carbocycles. The maximum atomic E-state index is 12.2. The molecule has 5 nitrogen and oxygen atoms in total. The first kappa shape index (κ1) is 16.2. The Balaban J connectivity index is 1.85. The van der Waals surface area contributed by atoms with Crippen molar-refractivity contribution in [2.24, 2.45) is 0 Å². The van der Waals surface area contributed by atoms with Crippen LogP contribution in [-0.2, 0) is 6.54 Å². The first-order chi connectivity index (χ1) is 11.6. The standard InChI is InChI=1S/C19H21N3O2/c1-13(22(2)12-14-7-6-8-15(11-14)24-3)18-20-17-10-5-4-9-16(17)19(23)21-18/h4-11,13H,12H2,1-3H3,(H,20,21,23)/t13-/m1/s1. The van der Waals surface area contributed by atoms with Gasteiger partial charge in [-0.05, 0) is 43.8 Å². The smallest absolute Gasteiger partial charge is 0.258 e. The zero-order chi connectivity index (χ0) is 17.1. The number of H-pyrrole nitrogens is 1. The van der Waals surface area contributed by atoms with Crippen LogP contribution in [0.2, 0.25) is 0 Å². The van der Waals surface area contributed by atoms with Gasteiger partial charge in [-0.25, -0.2) is 4.98 Å². The van der Waals surface area contributed by atoms with E-state index in [1.807, 2.05) is 50.4 Å². The molecule has 0 saturated carbocycles. The number of fused-ring (bicyclic) bond motifs is 1. The maximum Gasteiger partial charge on any atom is 0.258 e. The molecular weight excluding hydrogens is 302 g/mol. The molecule has 0 bridgehead atoms. The van der Waals surface area contributed by atoms with E-state index in [0.717, 1.165) is 23.4 Å². The van der Waals surface area contributed by atoms with Crippen molar-refractivity contribution in [3.63, 3.8) is 0 Å². The number of aromatic amines is 1. The van der Waals surface area contributed by atoms with Crippen molar-refractivity contribution < 1.29 is 4.74 Å². The van der Waals surface area contributed by atoms with Gasteiger partial charge in [-0.1, -0.05) is 24.3 Å². The Labute approximate surface area is 140 Å². The van der Waals surface area contributed by atoms with Gasteiger partial charge in [0, 0.05) is 6.54 Å². The highest BCUT2D eigenvalue weighted by Crippen LogP contribution is 2.20. The zero-order valence-corrected chi connectivity index (χ0v) is 14.1. The first-order valence-electron chi connectivity index (χ1n) is 7.90. The molecule has 1 heterocycles. The third kappa shape index (κ3) is 3.31. The number of nitrogens with zero attached hydrogens (tertiary/aromatic N) is 2. The lowest BCUT2D eigenvalue weighted by molar-refractivity contribution is 0.243. The van der Waals surface area contributed by atoms with Crippen molar-refractivity contribution in [3.8, 4) is 5.75 Å². The summed E-state index contributed by atoms with van der Waals surface area (Å²) in [5, 5.41) is 0.615. The molecule has 0 amide bonds. The molecule has 5 heteroatoms. The quantitative estimate of drug-likeness (QED) is 0.784. The van der Waals surface area contributed by atoms with Crippen molar-refractivity contribution in [1.82, 2.24) is 14.9 Å². The van der Waals surface area contributed by atoms with E-state index in [1.54, 1.807) is 13.2 Å². The Hall–Kier alpha value is -2.66. The van der Waals surface area contributed by atoms with Crippen molar-refractivity contribution in [3.05, 3.63) is 70.3 Å². The molecule has 3 aromatic rings. The summed E-state index contributed by atoms with van der Waals surface area (Å²) in [6.45, 7) is 2.77. The molecule has 1 aromatic heterocycles. The molecule has 0 unspecified atom stereocenters. The lowest BCUT2D eigenvalue weighted by Crippen LogP contribution is -2.26. The molecule has 0 saturated heterocycles. The van der Waals surface area contributed by atoms with Gasteiger partial charge >= 0.3 is 0 Å². The van der Waals surface area contributed by atoms with Gasteiger partial charge in [0.2, 0.25) is 0 Å². The number of hydrogen-bond donors (Lipinski definition) is 1. The van der Waals surface area contributed by atoms with Crippen LogP contribution in [0.4, 0.5) is 0 Å². The van der Waals surface area contributed by atoms with E-state index < -0.39 is 0 Å². The SMILES string of the molecule is COc1cccc(CN(C)[C@H](C)c2nc3ccccc3c(=O)[nH]2)c1. The van der Waals surface area contributed by atoms with Gasteiger partial charge in [-0.3, -0.25) is 9.69 Å². The summed E-state index contributed by atoms with van der Waals surface area (Å²) < 4.78 is 5.27. The highest BCUT2D eigenvalue weighted by molar-refractivity contribution is 5.77. The van der Waals surface area contributed by atoms with Crippen LogP contribution >= 0.6 is 0 Å². The van der Waals surface area contributed by atoms with Crippen LogP contribution in [0.25, 0.3) is 10.9 Å². The molecule has 1 N–H and O–H groups in total. The summed E-state index contributed by atoms with van der Waals surface area (Å²) in [6, 6.07) is 15.3. The summed E-state index contributed by atoms with van der Waals surface area (Å²) >= 11 is 0. The third-order valence-corrected chi connectivity index (χ3v) is 4.25. The minimum Gasteiger partial charge on any atom is -0.497 e. The van der Waals surface area contributed by atoms with Crippen LogP contribution in [0, 0.1) is 0 Å². The van der Waals surface area contributed by atoms with Crippen LogP contribution in [0.15, 0.2) is 53.3 Å². The minimum atomic E-state index is -0.0998. The zero-order valence-electron chi connectivity index (χ0n) is 14.1. The van der Waals surface area contributed by atoms with Gasteiger partial charge in [0.1, 0.15) is 11.6 Å². The van der Waals surface area contributed by atoms with Crippen LogP contribution in [0.1, 0.15) is 24.4 Å². The lowest BCUT2D eigenvalue weighted by Gasteiger charge is -2.24. The Bertz CT molecular complexity index is 904. The van der Waals surface area contributed by atoms with Crippen LogP contribution in [-0.4, -0.2) is 29.0 Å². The normalized spacial score (nSPS) is 12.5. The van der Waals surface area contributed by atoms with Gasteiger partial charge in [0.05, 0.1) is 24.1 Å². The van der Waals surface area contributed by atoms with E-state index in [0.29, 0.717) is 11.2 Å². The maximum absolute atomic E-state index is 12.2. The lowest BCUT2D eigenvalue weighted by atomic mass is 10.1. The molecule has 24 heavy (non-hydrogen) atoms. The fourth-order valence-electron chi connectivity index (χ4n) is 2.71. The average molecular weight is 323 g/mol. The Morgan fingerprint density at radius 3 is 2.79 bits per heavy atom. The Morgan fingerprint density at radius 1 is 1.21 bits per heavy atom. The highest BCUT2D eigenvalue weighted by atomic mass is 16.5. The van der Waals surface area contributed by atoms with E-state index in [-0.39, 0.29) is 11.6 Å². The van der Waals surface area contributed by atoms with Gasteiger partial charge in [-0.15, -0.1) is 0 Å². The van der Waals surface area contributed by atoms with E-state index in [1.165, 1.54) is 0 Å². The molecular formula is C19H21N3O2. The molecule has 0 aliphatic heterocycles. The van der Waals surface area contributed by atoms with E-state index >= 15 is 0 Å². The van der Waals surface area contributed by atoms with Crippen molar-refractivity contribution >= 4 is 10.9 Å². The number of rotatable bonds is 5. The number of aromatic nitrogens is 2. The summed E-state index contributed by atoms with van der Waals surface area (Å²) in [4.78, 5) is 21.9. The van der Waals surface area contributed by atoms with Crippen molar-refractivity contribution in [2.75, 3.05) is 14.2 Å². The fourth-order valence-corrected chi connectivity index (χ4v) is 2.71. The summed E-state index contributed by atoms with van der Waals surface area (Å²) in [5.74, 6) is 1.51. The average Bonchev–Trinajstić information content (AvgIpc) is 2.61. The third-order valence-electron chi connectivity index (χ3n) is 4.25. The number of hydrogen-bond acceptors (Lipinski definition) is 4. The van der Waals surface area contributed by atoms with Gasteiger partial charge < -0.3 is 9.72 Å². The number of ether oxygens (including phenoxy) is 1. The number of methoxy groups -OCH3 is 1. The topological polar surface area (TPSA) is 58.2 Å². The second kappa shape index (κ2) is 6.84. The van der Waals surface area contributed by atoms with Crippen molar-refractivity contribution in [2.45, 2.75) is 19.5 Å². The molecule has 0 aliphatic rings. The Kier molecular flexibility index (Phi) is 4.62. The summed E-state index contributed by atoms with van der Waals surface area (Å²) in [7, 11) is 3.68. The molecule has 1 atom stereocenters. The second-order valence-electron chi connectivity index (χ2n) is 5.91. The summed E-state index contributed by atoms with van der Waals surface area (Å²) in [5.41, 5.74) is 1.77. The summed E-state index contributed by atoms with van der Waals surface area (Å²) in [6.07, 6.45) is 0. The molecule has 124 valence electrons. The van der Waals surface area contributed by atoms with E-state index in [9.17, 15) is 4.79 Å². The highest BCUT2D eigenvalue weighted by Gasteiger charge is 2.16. The monoisotopic (exact) mass is 323 g/mol. The second-order valence-corrected chi connectivity index (χ2v) is 5.91. The number of nitrogens with one attached hydrogen (secondary N) is 1. The predicted octanol–water partition coefficient (Wildman–Crippen LogP) is 3.12. The van der Waals surface area contributed by atoms with Crippen LogP contribution in [0.5, 0.6) is 5.75 Å². The minimum absolute atomic E-state index is 0.0199. The molecule has 0 fully saturated rings. The van der Waals surface area contributed by atoms with Gasteiger partial charge in [0.25, 0.3) is 5.56 Å². The Morgan fingerprint density at radius 2 is 2.00 bits per heavy atom. The van der Waals surface area contributed by atoms with Crippen LogP contribution in [0.3, 0.4) is 0 Å². The molecule has 0 spiro atoms. The molecule has 0 aliphatic carbocycles. The molecule has 3 rings (SSSR count). The first-order valence-corrected chi connectivity index (χ1v) is 7.90. The van der Waals surface area contributed by atoms with Crippen molar-refractivity contribution in [1.29, 1.82) is 0 Å². The number of para-hydroxylation sites is 1.